The third kappa shape index (κ3) is 7.70. The van der Waals surface area contributed by atoms with E-state index in [4.69, 9.17) is 19.5 Å². The summed E-state index contributed by atoms with van der Waals surface area (Å²) in [6.45, 7) is 1.53. The van der Waals surface area contributed by atoms with Crippen molar-refractivity contribution in [2.24, 2.45) is 11.0 Å². The van der Waals surface area contributed by atoms with Crippen LogP contribution in [0.4, 0.5) is 0 Å². The van der Waals surface area contributed by atoms with Crippen LogP contribution in [0.25, 0.3) is 10.4 Å². The van der Waals surface area contributed by atoms with E-state index in [0.29, 0.717) is 0 Å². The van der Waals surface area contributed by atoms with E-state index in [2.05, 4.69) is 24.2 Å². The number of phosphoric acid groups is 2. The molecule has 20 heteroatoms. The van der Waals surface area contributed by atoms with Gasteiger partial charge in [-0.15, -0.1) is 0 Å². The van der Waals surface area contributed by atoms with Crippen LogP contribution in [0, 0.1) is 5.92 Å². The number of ether oxygens (including phenoxy) is 2. The second-order valence-electron chi connectivity index (χ2n) is 7.81. The van der Waals surface area contributed by atoms with E-state index in [9.17, 15) is 39.0 Å². The molecule has 17 nitrogen and oxygen atoms in total. The maximum absolute atomic E-state index is 12.4. The zero-order valence-corrected chi connectivity index (χ0v) is 20.1. The summed E-state index contributed by atoms with van der Waals surface area (Å²) in [6, 6.07) is -2.20. The number of carbonyl (C=O) groups is 1. The van der Waals surface area contributed by atoms with E-state index in [1.54, 1.807) is 0 Å². The van der Waals surface area contributed by atoms with Crippen LogP contribution in [0.2, 0.25) is 0 Å². The lowest BCUT2D eigenvalue weighted by molar-refractivity contribution is -0.218. The van der Waals surface area contributed by atoms with Gasteiger partial charge in [-0.3, -0.25) is 13.8 Å². The normalized spacial score (nSPS) is 39.4. The number of hydrogen-bond donors (Lipinski definition) is 6. The second kappa shape index (κ2) is 11.8. The van der Waals surface area contributed by atoms with Crippen LogP contribution in [-0.4, -0.2) is 101 Å². The van der Waals surface area contributed by atoms with Gasteiger partial charge in [0.1, 0.15) is 32.2 Å². The van der Waals surface area contributed by atoms with E-state index in [-0.39, 0.29) is 6.54 Å². The lowest BCUT2D eigenvalue weighted by atomic mass is 9.89. The van der Waals surface area contributed by atoms with Gasteiger partial charge in [0.2, 0.25) is 5.91 Å². The molecule has 0 aromatic rings. The van der Waals surface area contributed by atoms with Crippen molar-refractivity contribution >= 4 is 29.4 Å². The smallest absolute Gasteiger partial charge is 0.390 e. The minimum Gasteiger partial charge on any atom is -0.390 e. The van der Waals surface area contributed by atoms with E-state index in [1.165, 1.54) is 14.8 Å². The molecule has 2 aliphatic rings. The van der Waals surface area contributed by atoms with Crippen LogP contribution in [0.5, 0.6) is 0 Å². The third-order valence-corrected chi connectivity index (χ3v) is 7.84. The molecule has 2 fully saturated rings. The molecule has 1 amide bonds. The van der Waals surface area contributed by atoms with Crippen molar-refractivity contribution in [1.29, 1.82) is 0 Å². The second-order valence-corrected chi connectivity index (χ2v) is 10.8. The summed E-state index contributed by atoms with van der Waals surface area (Å²) in [6.07, 6.45) is -8.21. The van der Waals surface area contributed by atoms with Crippen molar-refractivity contribution in [3.63, 3.8) is 0 Å². The average Bonchev–Trinajstić information content (AvgIpc) is 2.96. The molecule has 2 rings (SSSR count). The highest BCUT2D eigenvalue weighted by Crippen LogP contribution is 2.61. The van der Waals surface area contributed by atoms with Crippen molar-refractivity contribution < 1.29 is 61.9 Å². The van der Waals surface area contributed by atoms with Crippen LogP contribution in [-0.2, 0) is 36.8 Å². The molecule has 0 aliphatic carbocycles. The summed E-state index contributed by atoms with van der Waals surface area (Å²) in [4.78, 5) is 33.9. The molecule has 0 aromatic heterocycles. The lowest BCUT2D eigenvalue weighted by Gasteiger charge is -2.43. The minimum atomic E-state index is -5.44. The Balaban J connectivity index is 2.09. The van der Waals surface area contributed by atoms with E-state index >= 15 is 0 Å². The number of amides is 1. The number of phosphoric ester groups is 2. The highest BCUT2D eigenvalue weighted by atomic mass is 31.3. The Kier molecular flexibility index (Phi) is 10.1. The Morgan fingerprint density at radius 1 is 1.15 bits per heavy atom. The fourth-order valence-corrected chi connectivity index (χ4v) is 5.60. The number of hydrogen-bond acceptors (Lipinski definition) is 12. The van der Waals surface area contributed by atoms with Gasteiger partial charge in [0.15, 0.2) is 6.29 Å². The highest BCUT2D eigenvalue weighted by Gasteiger charge is 2.49. The van der Waals surface area contributed by atoms with Gasteiger partial charge >= 0.3 is 15.6 Å². The van der Waals surface area contributed by atoms with Gasteiger partial charge in [0.25, 0.3) is 0 Å². The van der Waals surface area contributed by atoms with Gasteiger partial charge in [-0.1, -0.05) is 12.0 Å². The zero-order valence-electron chi connectivity index (χ0n) is 18.3. The number of carbonyl (C=O) groups excluding carboxylic acids is 1. The fourth-order valence-electron chi connectivity index (χ4n) is 3.44. The van der Waals surface area contributed by atoms with E-state index in [1.807, 2.05) is 0 Å². The number of nitrogens with one attached hydrogen (secondary N) is 1. The molecule has 2 aliphatic heterocycles. The zero-order chi connectivity index (χ0) is 25.8. The first-order valence-corrected chi connectivity index (χ1v) is 13.0. The Bertz CT molecular complexity index is 879. The summed E-state index contributed by atoms with van der Waals surface area (Å²) in [5, 5.41) is 35.6. The van der Waals surface area contributed by atoms with Crippen molar-refractivity contribution in [3.05, 3.63) is 10.4 Å². The molecule has 11 atom stereocenters. The van der Waals surface area contributed by atoms with Crippen LogP contribution >= 0.6 is 15.6 Å². The summed E-state index contributed by atoms with van der Waals surface area (Å²) in [7, 11) is -9.29. The first-order chi connectivity index (χ1) is 15.7. The van der Waals surface area contributed by atoms with Gasteiger partial charge in [0, 0.05) is 17.8 Å². The topological polar surface area (TPSA) is 259 Å². The van der Waals surface area contributed by atoms with Crippen LogP contribution in [0.1, 0.15) is 13.8 Å². The Morgan fingerprint density at radius 3 is 2.32 bits per heavy atom. The molecule has 194 valence electrons. The molecule has 2 heterocycles. The van der Waals surface area contributed by atoms with Crippen LogP contribution < -0.4 is 5.32 Å². The quantitative estimate of drug-likeness (QED) is 0.0577. The molecule has 0 spiro atoms. The highest BCUT2D eigenvalue weighted by molar-refractivity contribution is 7.61. The maximum atomic E-state index is 12.4. The average molecular weight is 532 g/mol. The predicted molar refractivity (Wildman–Crippen MR) is 112 cm³/mol. The molecule has 0 saturated carbocycles. The number of azide groups is 1. The van der Waals surface area contributed by atoms with Crippen molar-refractivity contribution in [2.45, 2.75) is 62.7 Å². The molecule has 2 saturated heterocycles. The number of aliphatic hydroxyl groups excluding tert-OH is 3. The molecule has 34 heavy (non-hydrogen) atoms. The van der Waals surface area contributed by atoms with E-state index in [0.717, 1.165) is 6.92 Å². The maximum Gasteiger partial charge on any atom is 0.483 e. The summed E-state index contributed by atoms with van der Waals surface area (Å²) in [5.74, 6) is -1.37. The molecule has 0 radical (unpaired) electrons. The van der Waals surface area contributed by atoms with Crippen molar-refractivity contribution in [2.75, 3.05) is 13.2 Å². The largest absolute Gasteiger partial charge is 0.483 e. The van der Waals surface area contributed by atoms with Gasteiger partial charge in [-0.2, -0.15) is 4.31 Å². The molecular weight excluding hydrogens is 505 g/mol. The van der Waals surface area contributed by atoms with Gasteiger partial charge < -0.3 is 39.9 Å². The Morgan fingerprint density at radius 2 is 1.79 bits per heavy atom. The predicted octanol–water partition coefficient (Wildman–Crippen LogP) is -2.15. The van der Waals surface area contributed by atoms with Crippen molar-refractivity contribution in [3.8, 4) is 0 Å². The van der Waals surface area contributed by atoms with Gasteiger partial charge in [-0.25, -0.2) is 9.13 Å². The minimum absolute atomic E-state index is 0.298. The van der Waals surface area contributed by atoms with Crippen LogP contribution in [0.15, 0.2) is 5.11 Å². The first kappa shape index (κ1) is 29.1. The van der Waals surface area contributed by atoms with Crippen molar-refractivity contribution in [1.82, 2.24) is 5.32 Å². The monoisotopic (exact) mass is 532 g/mol. The van der Waals surface area contributed by atoms with Gasteiger partial charge in [0.05, 0.1) is 31.4 Å². The summed E-state index contributed by atoms with van der Waals surface area (Å²) < 4.78 is 48.8. The van der Waals surface area contributed by atoms with E-state index < -0.39 is 82.9 Å². The number of rotatable bonds is 10. The Labute approximate surface area is 194 Å². The SMILES string of the molecule is B[C@@H]1O[C@H](COP(=O)(O)OP(=O)(O)OC2OC(CN=[N+]=[N-])C(C)C(O)C2NC(C)=O)C(O)C1O. The third-order valence-electron chi connectivity index (χ3n) is 5.24. The standard InChI is InChI=1S/C14H27BN4O13P2/c1-5-7(3-17-19-16)30-14(9(10(5)21)18-6(2)20)31-34(26,27)32-33(24,25)28-4-8-11(22)12(23)13(15)29-8/h5,7-14,21-23H,3-4,15H2,1-2H3,(H,18,20)(H,24,25)(H,26,27)/t5?,7?,8-,9?,10?,11?,12?,13-,14?/m1/s1. The lowest BCUT2D eigenvalue weighted by Crippen LogP contribution is -2.61. The molecule has 9 unspecified atom stereocenters. The van der Waals surface area contributed by atoms with Crippen LogP contribution in [0.3, 0.4) is 0 Å². The molecule has 6 N–H and O–H groups in total. The molecular formula is C14H27BN4O13P2. The van der Waals surface area contributed by atoms with Gasteiger partial charge in [-0.05, 0) is 5.53 Å². The summed E-state index contributed by atoms with van der Waals surface area (Å²) >= 11 is 0. The fraction of sp³-hybridized carbons (Fsp3) is 0.929. The molecule has 0 aromatic carbocycles. The first-order valence-electron chi connectivity index (χ1n) is 10.0. The molecule has 0 bridgehead atoms. The number of nitrogens with zero attached hydrogens (tertiary/aromatic N) is 3. The number of aliphatic hydroxyl groups is 3. The Hall–Kier alpha value is -1.10. The summed E-state index contributed by atoms with van der Waals surface area (Å²) in [5.41, 5.74) is 8.51.